The SMILES string of the molecule is Cc1cc(C)cc(N2C(=NC(=O)CCNC(=O)OC(C)(C)C)S[C@H]3CS(=O)(=O)C[C@H]32)c1. The van der Waals surface area contributed by atoms with Crippen LogP contribution in [0.5, 0.6) is 0 Å². The van der Waals surface area contributed by atoms with Crippen molar-refractivity contribution in [2.24, 2.45) is 4.99 Å². The van der Waals surface area contributed by atoms with Crippen LogP contribution in [-0.2, 0) is 19.4 Å². The van der Waals surface area contributed by atoms with Gasteiger partial charge in [0.2, 0.25) is 5.91 Å². The molecule has 31 heavy (non-hydrogen) atoms. The Bertz CT molecular complexity index is 994. The minimum absolute atomic E-state index is 0.0254. The Labute approximate surface area is 187 Å². The summed E-state index contributed by atoms with van der Waals surface area (Å²) in [5.41, 5.74) is 2.33. The van der Waals surface area contributed by atoms with E-state index in [-0.39, 0.29) is 41.7 Å². The number of rotatable bonds is 4. The summed E-state index contributed by atoms with van der Waals surface area (Å²) in [5, 5.41) is 2.91. The van der Waals surface area contributed by atoms with Gasteiger partial charge in [-0.2, -0.15) is 4.99 Å². The van der Waals surface area contributed by atoms with E-state index in [0.29, 0.717) is 5.17 Å². The van der Waals surface area contributed by atoms with Crippen LogP contribution in [0.25, 0.3) is 0 Å². The van der Waals surface area contributed by atoms with Gasteiger partial charge < -0.3 is 15.0 Å². The number of anilines is 1. The van der Waals surface area contributed by atoms with Gasteiger partial charge in [0.1, 0.15) is 5.60 Å². The number of carbonyl (C=O) groups is 2. The van der Waals surface area contributed by atoms with Crippen LogP contribution in [0.15, 0.2) is 23.2 Å². The lowest BCUT2D eigenvalue weighted by molar-refractivity contribution is -0.117. The van der Waals surface area contributed by atoms with Gasteiger partial charge in [0, 0.05) is 23.9 Å². The number of fused-ring (bicyclic) bond motifs is 1. The molecular weight excluding hydrogens is 438 g/mol. The number of aryl methyl sites for hydroxylation is 2. The molecule has 3 rings (SSSR count). The lowest BCUT2D eigenvalue weighted by atomic mass is 10.1. The molecule has 2 amide bonds. The van der Waals surface area contributed by atoms with Crippen molar-refractivity contribution in [3.05, 3.63) is 29.3 Å². The third-order valence-electron chi connectivity index (χ3n) is 4.78. The first-order valence-electron chi connectivity index (χ1n) is 10.2. The second-order valence-electron chi connectivity index (χ2n) is 8.98. The number of hydrogen-bond donors (Lipinski definition) is 1. The van der Waals surface area contributed by atoms with E-state index in [0.717, 1.165) is 16.8 Å². The van der Waals surface area contributed by atoms with Gasteiger partial charge in [-0.05, 0) is 57.9 Å². The zero-order chi connectivity index (χ0) is 23.0. The maximum absolute atomic E-state index is 12.5. The van der Waals surface area contributed by atoms with E-state index >= 15 is 0 Å². The lowest BCUT2D eigenvalue weighted by Crippen LogP contribution is -2.38. The molecule has 2 saturated heterocycles. The monoisotopic (exact) mass is 467 g/mol. The van der Waals surface area contributed by atoms with Gasteiger partial charge in [-0.15, -0.1) is 0 Å². The normalized spacial score (nSPS) is 23.6. The van der Waals surface area contributed by atoms with Crippen LogP contribution >= 0.6 is 11.8 Å². The molecule has 0 unspecified atom stereocenters. The number of sulfone groups is 1. The summed E-state index contributed by atoms with van der Waals surface area (Å²) in [7, 11) is -3.12. The molecule has 0 aromatic heterocycles. The Morgan fingerprint density at radius 3 is 2.45 bits per heavy atom. The molecule has 1 N–H and O–H groups in total. The summed E-state index contributed by atoms with van der Waals surface area (Å²) in [6, 6.07) is 5.75. The van der Waals surface area contributed by atoms with Gasteiger partial charge in [-0.3, -0.25) is 4.79 Å². The minimum atomic E-state index is -3.12. The van der Waals surface area contributed by atoms with E-state index in [2.05, 4.69) is 10.3 Å². The first-order valence-corrected chi connectivity index (χ1v) is 12.9. The topological polar surface area (TPSA) is 105 Å². The highest BCUT2D eigenvalue weighted by Crippen LogP contribution is 2.41. The number of benzene rings is 1. The Balaban J connectivity index is 1.74. The fourth-order valence-electron chi connectivity index (χ4n) is 3.70. The van der Waals surface area contributed by atoms with Crippen molar-refractivity contribution >= 4 is 44.5 Å². The number of alkyl carbamates (subject to hydrolysis) is 1. The van der Waals surface area contributed by atoms with Gasteiger partial charge >= 0.3 is 6.09 Å². The van der Waals surface area contributed by atoms with Gasteiger partial charge in [0.25, 0.3) is 0 Å². The highest BCUT2D eigenvalue weighted by molar-refractivity contribution is 8.16. The predicted octanol–water partition coefficient (Wildman–Crippen LogP) is 2.82. The summed E-state index contributed by atoms with van der Waals surface area (Å²) in [5.74, 6) is -0.252. The van der Waals surface area contributed by atoms with Gasteiger partial charge in [-0.1, -0.05) is 17.8 Å². The highest BCUT2D eigenvalue weighted by atomic mass is 32.2. The zero-order valence-corrected chi connectivity index (χ0v) is 20.1. The molecule has 2 fully saturated rings. The smallest absolute Gasteiger partial charge is 0.407 e. The molecule has 2 atom stereocenters. The maximum atomic E-state index is 12.5. The Morgan fingerprint density at radius 2 is 1.84 bits per heavy atom. The summed E-state index contributed by atoms with van der Waals surface area (Å²) < 4.78 is 29.5. The molecule has 2 heterocycles. The second-order valence-corrected chi connectivity index (χ2v) is 12.3. The number of amides is 2. The van der Waals surface area contributed by atoms with Crippen LogP contribution in [0.2, 0.25) is 0 Å². The molecule has 0 bridgehead atoms. The molecule has 0 radical (unpaired) electrons. The van der Waals surface area contributed by atoms with Crippen LogP contribution in [-0.4, -0.2) is 60.5 Å². The molecule has 2 aliphatic heterocycles. The Kier molecular flexibility index (Phi) is 6.71. The third-order valence-corrected chi connectivity index (χ3v) is 7.99. The largest absolute Gasteiger partial charge is 0.444 e. The highest BCUT2D eigenvalue weighted by Gasteiger charge is 2.49. The molecular formula is C21H29N3O5S2. The van der Waals surface area contributed by atoms with E-state index < -0.39 is 21.5 Å². The quantitative estimate of drug-likeness (QED) is 0.726. The van der Waals surface area contributed by atoms with Crippen molar-refractivity contribution in [3.63, 3.8) is 0 Å². The van der Waals surface area contributed by atoms with E-state index in [1.165, 1.54) is 11.8 Å². The first-order chi connectivity index (χ1) is 14.3. The number of thioether (sulfide) groups is 1. The number of nitrogens with one attached hydrogen (secondary N) is 1. The summed E-state index contributed by atoms with van der Waals surface area (Å²) in [6.45, 7) is 9.36. The van der Waals surface area contributed by atoms with Crippen molar-refractivity contribution in [3.8, 4) is 0 Å². The van der Waals surface area contributed by atoms with Crippen LogP contribution in [0.3, 0.4) is 0 Å². The first kappa shape index (κ1) is 23.6. The standard InChI is InChI=1S/C21H29N3O5S2/c1-13-8-14(2)10-15(9-13)24-16-11-31(27,28)12-17(16)30-19(24)23-18(25)6-7-22-20(26)29-21(3,4)5/h8-10,16-17H,6-7,11-12H2,1-5H3,(H,22,26)/t16-,17+/m1/s1. The Morgan fingerprint density at radius 1 is 1.19 bits per heavy atom. The van der Waals surface area contributed by atoms with Gasteiger partial charge in [0.15, 0.2) is 15.0 Å². The summed E-state index contributed by atoms with van der Waals surface area (Å²) >= 11 is 1.34. The molecule has 1 aromatic carbocycles. The van der Waals surface area contributed by atoms with Crippen molar-refractivity contribution in [1.29, 1.82) is 0 Å². The maximum Gasteiger partial charge on any atom is 0.407 e. The lowest BCUT2D eigenvalue weighted by Gasteiger charge is -2.25. The number of amidine groups is 1. The summed E-state index contributed by atoms with van der Waals surface area (Å²) in [4.78, 5) is 30.4. The van der Waals surface area contributed by atoms with Crippen LogP contribution < -0.4 is 10.2 Å². The number of hydrogen-bond acceptors (Lipinski definition) is 6. The van der Waals surface area contributed by atoms with E-state index in [4.69, 9.17) is 4.74 Å². The predicted molar refractivity (Wildman–Crippen MR) is 124 cm³/mol. The van der Waals surface area contributed by atoms with E-state index in [9.17, 15) is 18.0 Å². The number of aliphatic imine (C=N–C) groups is 1. The zero-order valence-electron chi connectivity index (χ0n) is 18.5. The summed E-state index contributed by atoms with van der Waals surface area (Å²) in [6.07, 6.45) is -0.558. The number of carbonyl (C=O) groups excluding carboxylic acids is 2. The van der Waals surface area contributed by atoms with Crippen LogP contribution in [0.4, 0.5) is 10.5 Å². The fourth-order valence-corrected chi connectivity index (χ4v) is 7.64. The molecule has 0 aliphatic carbocycles. The van der Waals surface area contributed by atoms with Crippen LogP contribution in [0.1, 0.15) is 38.3 Å². The van der Waals surface area contributed by atoms with Crippen molar-refractivity contribution in [1.82, 2.24) is 5.32 Å². The van der Waals surface area contributed by atoms with Crippen molar-refractivity contribution in [2.75, 3.05) is 23.0 Å². The molecule has 2 aliphatic rings. The van der Waals surface area contributed by atoms with Crippen molar-refractivity contribution < 1.29 is 22.7 Å². The van der Waals surface area contributed by atoms with Crippen LogP contribution in [0, 0.1) is 13.8 Å². The molecule has 8 nitrogen and oxygen atoms in total. The minimum Gasteiger partial charge on any atom is -0.444 e. The van der Waals surface area contributed by atoms with Crippen molar-refractivity contribution in [2.45, 2.75) is 57.9 Å². The fraction of sp³-hybridized carbons (Fsp3) is 0.571. The van der Waals surface area contributed by atoms with E-state index in [1.54, 1.807) is 20.8 Å². The van der Waals surface area contributed by atoms with E-state index in [1.807, 2.05) is 36.9 Å². The second kappa shape index (κ2) is 8.82. The average Bonchev–Trinajstić information content (AvgIpc) is 3.02. The molecule has 0 spiro atoms. The molecule has 170 valence electrons. The Hall–Kier alpha value is -2.07. The molecule has 1 aromatic rings. The van der Waals surface area contributed by atoms with Gasteiger partial charge in [0.05, 0.1) is 17.5 Å². The molecule has 0 saturated carbocycles. The average molecular weight is 468 g/mol. The number of nitrogens with zero attached hydrogens (tertiary/aromatic N) is 2. The number of ether oxygens (including phenoxy) is 1. The van der Waals surface area contributed by atoms with Gasteiger partial charge in [-0.25, -0.2) is 13.2 Å². The molecule has 10 heteroatoms. The third kappa shape index (κ3) is 6.22.